The van der Waals surface area contributed by atoms with Gasteiger partial charge in [0.15, 0.2) is 0 Å². The van der Waals surface area contributed by atoms with Crippen molar-refractivity contribution in [1.82, 2.24) is 14.5 Å². The van der Waals surface area contributed by atoms with Gasteiger partial charge in [0.2, 0.25) is 5.91 Å². The predicted octanol–water partition coefficient (Wildman–Crippen LogP) is 2.04. The number of aromatic nitrogens is 2. The quantitative estimate of drug-likeness (QED) is 0.733. The van der Waals surface area contributed by atoms with E-state index < -0.39 is 11.7 Å². The molecule has 0 radical (unpaired) electrons. The van der Waals surface area contributed by atoms with Gasteiger partial charge in [0.25, 0.3) is 5.56 Å². The molecule has 0 fully saturated rings. The van der Waals surface area contributed by atoms with Gasteiger partial charge in [-0.15, -0.1) is 0 Å². The molecule has 0 aliphatic heterocycles. The Labute approximate surface area is 149 Å². The van der Waals surface area contributed by atoms with Crippen molar-refractivity contribution in [2.24, 2.45) is 0 Å². The molecule has 7 heteroatoms. The molecule has 0 saturated carbocycles. The SMILES string of the molecule is CCC(C(=O)NCc1ccco1)n1c(=O)n(CC)c(=O)c2ccccc21. The Morgan fingerprint density at radius 2 is 1.92 bits per heavy atom. The molecule has 3 aromatic rings. The van der Waals surface area contributed by atoms with Crippen molar-refractivity contribution >= 4 is 16.8 Å². The summed E-state index contributed by atoms with van der Waals surface area (Å²) < 4.78 is 7.79. The van der Waals surface area contributed by atoms with Gasteiger partial charge >= 0.3 is 5.69 Å². The average Bonchev–Trinajstić information content (AvgIpc) is 3.17. The van der Waals surface area contributed by atoms with Gasteiger partial charge in [-0.3, -0.25) is 18.7 Å². The molecule has 136 valence electrons. The first-order valence-electron chi connectivity index (χ1n) is 8.62. The fourth-order valence-corrected chi connectivity index (χ4v) is 3.10. The Bertz CT molecular complexity index is 1030. The summed E-state index contributed by atoms with van der Waals surface area (Å²) >= 11 is 0. The maximum absolute atomic E-state index is 12.9. The molecule has 1 unspecified atom stereocenters. The predicted molar refractivity (Wildman–Crippen MR) is 98.0 cm³/mol. The van der Waals surface area contributed by atoms with E-state index in [-0.39, 0.29) is 24.6 Å². The average molecular weight is 355 g/mol. The number of para-hydroxylation sites is 1. The minimum atomic E-state index is -0.722. The number of carbonyl (C=O) groups excluding carboxylic acids is 1. The molecule has 26 heavy (non-hydrogen) atoms. The number of amides is 1. The third-order valence-corrected chi connectivity index (χ3v) is 4.41. The number of benzene rings is 1. The van der Waals surface area contributed by atoms with E-state index in [4.69, 9.17) is 4.42 Å². The number of rotatable bonds is 6. The molecule has 1 amide bonds. The minimum Gasteiger partial charge on any atom is -0.467 e. The van der Waals surface area contributed by atoms with Gasteiger partial charge < -0.3 is 9.73 Å². The molecule has 0 spiro atoms. The van der Waals surface area contributed by atoms with Crippen LogP contribution in [0, 0.1) is 0 Å². The summed E-state index contributed by atoms with van der Waals surface area (Å²) in [6, 6.07) is 9.65. The molecule has 0 aliphatic carbocycles. The van der Waals surface area contributed by atoms with Crippen LogP contribution in [0.4, 0.5) is 0 Å². The highest BCUT2D eigenvalue weighted by atomic mass is 16.3. The highest BCUT2D eigenvalue weighted by Crippen LogP contribution is 2.16. The maximum Gasteiger partial charge on any atom is 0.332 e. The lowest BCUT2D eigenvalue weighted by atomic mass is 10.1. The van der Waals surface area contributed by atoms with E-state index in [2.05, 4.69) is 5.32 Å². The van der Waals surface area contributed by atoms with E-state index in [9.17, 15) is 14.4 Å². The first-order valence-corrected chi connectivity index (χ1v) is 8.62. The Morgan fingerprint density at radius 3 is 2.58 bits per heavy atom. The van der Waals surface area contributed by atoms with Gasteiger partial charge in [-0.1, -0.05) is 19.1 Å². The summed E-state index contributed by atoms with van der Waals surface area (Å²) in [4.78, 5) is 38.2. The number of nitrogens with one attached hydrogen (secondary N) is 1. The van der Waals surface area contributed by atoms with Crippen LogP contribution in [0.3, 0.4) is 0 Å². The second-order valence-corrected chi connectivity index (χ2v) is 5.94. The molecule has 0 bridgehead atoms. The Morgan fingerprint density at radius 1 is 1.15 bits per heavy atom. The Kier molecular flexibility index (Phi) is 5.06. The summed E-state index contributed by atoms with van der Waals surface area (Å²) in [5.41, 5.74) is -0.349. The number of nitrogens with zero attached hydrogens (tertiary/aromatic N) is 2. The lowest BCUT2D eigenvalue weighted by molar-refractivity contribution is -0.124. The fraction of sp³-hybridized carbons (Fsp3) is 0.316. The van der Waals surface area contributed by atoms with Crippen LogP contribution >= 0.6 is 0 Å². The molecular formula is C19H21N3O4. The second-order valence-electron chi connectivity index (χ2n) is 5.94. The number of furan rings is 1. The number of hydrogen-bond donors (Lipinski definition) is 1. The highest BCUT2D eigenvalue weighted by molar-refractivity contribution is 5.84. The third kappa shape index (κ3) is 3.08. The molecule has 2 heterocycles. The molecule has 1 aromatic carbocycles. The minimum absolute atomic E-state index is 0.239. The molecule has 0 aliphatic rings. The van der Waals surface area contributed by atoms with Crippen molar-refractivity contribution in [1.29, 1.82) is 0 Å². The number of carbonyl (C=O) groups is 1. The van der Waals surface area contributed by atoms with E-state index in [1.54, 1.807) is 43.3 Å². The zero-order chi connectivity index (χ0) is 18.7. The molecule has 2 aromatic heterocycles. The van der Waals surface area contributed by atoms with Crippen LogP contribution < -0.4 is 16.6 Å². The normalized spacial score (nSPS) is 12.2. The highest BCUT2D eigenvalue weighted by Gasteiger charge is 2.24. The first kappa shape index (κ1) is 17.7. The Balaban J connectivity index is 2.08. The lowest BCUT2D eigenvalue weighted by Crippen LogP contribution is -2.44. The second kappa shape index (κ2) is 7.43. The van der Waals surface area contributed by atoms with Gasteiger partial charge in [-0.2, -0.15) is 0 Å². The Hall–Kier alpha value is -3.09. The van der Waals surface area contributed by atoms with Crippen molar-refractivity contribution < 1.29 is 9.21 Å². The van der Waals surface area contributed by atoms with Crippen LogP contribution in [0.5, 0.6) is 0 Å². The van der Waals surface area contributed by atoms with E-state index in [1.165, 1.54) is 10.8 Å². The third-order valence-electron chi connectivity index (χ3n) is 4.41. The van der Waals surface area contributed by atoms with Gasteiger partial charge in [-0.05, 0) is 37.6 Å². The smallest absolute Gasteiger partial charge is 0.332 e. The van der Waals surface area contributed by atoms with E-state index in [0.717, 1.165) is 4.57 Å². The van der Waals surface area contributed by atoms with Crippen LogP contribution in [0.25, 0.3) is 10.9 Å². The molecule has 0 saturated heterocycles. The van der Waals surface area contributed by atoms with Crippen LogP contribution in [0.2, 0.25) is 0 Å². The van der Waals surface area contributed by atoms with Gasteiger partial charge in [0, 0.05) is 6.54 Å². The van der Waals surface area contributed by atoms with Crippen LogP contribution in [-0.2, 0) is 17.9 Å². The lowest BCUT2D eigenvalue weighted by Gasteiger charge is -2.21. The standard InChI is InChI=1S/C19H21N3O4/c1-3-15(17(23)20-12-13-8-7-11-26-13)22-16-10-6-5-9-14(16)18(24)21(4-2)19(22)25/h5-11,15H,3-4,12H2,1-2H3,(H,20,23). The summed E-state index contributed by atoms with van der Waals surface area (Å²) in [6.45, 7) is 4.05. The number of fused-ring (bicyclic) bond motifs is 1. The number of hydrogen-bond acceptors (Lipinski definition) is 4. The van der Waals surface area contributed by atoms with Crippen molar-refractivity contribution in [2.45, 2.75) is 39.4 Å². The zero-order valence-electron chi connectivity index (χ0n) is 14.8. The van der Waals surface area contributed by atoms with Crippen molar-refractivity contribution in [3.05, 3.63) is 69.3 Å². The van der Waals surface area contributed by atoms with Crippen molar-refractivity contribution in [3.63, 3.8) is 0 Å². The van der Waals surface area contributed by atoms with Crippen LogP contribution in [-0.4, -0.2) is 15.0 Å². The summed E-state index contributed by atoms with van der Waals surface area (Å²) in [6.07, 6.45) is 1.95. The van der Waals surface area contributed by atoms with E-state index >= 15 is 0 Å². The zero-order valence-corrected chi connectivity index (χ0v) is 14.8. The molecule has 7 nitrogen and oxygen atoms in total. The fourth-order valence-electron chi connectivity index (χ4n) is 3.10. The maximum atomic E-state index is 12.9. The topological polar surface area (TPSA) is 86.2 Å². The molecule has 1 atom stereocenters. The van der Waals surface area contributed by atoms with E-state index in [1.807, 2.05) is 6.92 Å². The summed E-state index contributed by atoms with van der Waals surface area (Å²) in [7, 11) is 0. The van der Waals surface area contributed by atoms with Crippen molar-refractivity contribution in [2.75, 3.05) is 0 Å². The summed E-state index contributed by atoms with van der Waals surface area (Å²) in [5, 5.41) is 3.22. The molecule has 3 rings (SSSR count). The largest absolute Gasteiger partial charge is 0.467 e. The monoisotopic (exact) mass is 355 g/mol. The van der Waals surface area contributed by atoms with Gasteiger partial charge in [0.05, 0.1) is 23.7 Å². The molecule has 1 N–H and O–H groups in total. The van der Waals surface area contributed by atoms with Gasteiger partial charge in [0.1, 0.15) is 11.8 Å². The van der Waals surface area contributed by atoms with E-state index in [0.29, 0.717) is 23.1 Å². The van der Waals surface area contributed by atoms with Crippen LogP contribution in [0.1, 0.15) is 32.1 Å². The van der Waals surface area contributed by atoms with Gasteiger partial charge in [-0.25, -0.2) is 4.79 Å². The summed E-state index contributed by atoms with van der Waals surface area (Å²) in [5.74, 6) is 0.335. The first-order chi connectivity index (χ1) is 12.6. The van der Waals surface area contributed by atoms with Crippen molar-refractivity contribution in [3.8, 4) is 0 Å². The molecular weight excluding hydrogens is 334 g/mol. The van der Waals surface area contributed by atoms with Crippen LogP contribution in [0.15, 0.2) is 56.7 Å².